The van der Waals surface area contributed by atoms with Gasteiger partial charge in [0.15, 0.2) is 11.3 Å². The van der Waals surface area contributed by atoms with Crippen molar-refractivity contribution >= 4 is 11.0 Å². The predicted molar refractivity (Wildman–Crippen MR) is 130 cm³/mol. The maximum atomic E-state index is 9.91. The van der Waals surface area contributed by atoms with E-state index in [0.717, 1.165) is 42.9 Å². The molecule has 0 aliphatic heterocycles. The first kappa shape index (κ1) is 22.5. The van der Waals surface area contributed by atoms with Gasteiger partial charge in [-0.1, -0.05) is 0 Å². The first-order chi connectivity index (χ1) is 17.5. The molecule has 4 heterocycles. The van der Waals surface area contributed by atoms with E-state index in [-0.39, 0.29) is 29.7 Å². The van der Waals surface area contributed by atoms with Gasteiger partial charge in [0.2, 0.25) is 5.88 Å². The van der Waals surface area contributed by atoms with Gasteiger partial charge >= 0.3 is 0 Å². The van der Waals surface area contributed by atoms with Gasteiger partial charge in [0.1, 0.15) is 28.9 Å². The van der Waals surface area contributed by atoms with Gasteiger partial charge in [0.25, 0.3) is 0 Å². The van der Waals surface area contributed by atoms with Crippen molar-refractivity contribution in [3.05, 3.63) is 59.6 Å². The highest BCUT2D eigenvalue weighted by molar-refractivity contribution is 5.86. The van der Waals surface area contributed by atoms with Crippen molar-refractivity contribution in [1.82, 2.24) is 39.7 Å². The topological polar surface area (TPSA) is 128 Å². The molecule has 36 heavy (non-hydrogen) atoms. The molecule has 10 nitrogen and oxygen atoms in total. The molecule has 2 saturated carbocycles. The van der Waals surface area contributed by atoms with Crippen molar-refractivity contribution in [1.29, 1.82) is 5.26 Å². The van der Waals surface area contributed by atoms with Crippen LogP contribution in [-0.4, -0.2) is 45.8 Å². The van der Waals surface area contributed by atoms with Gasteiger partial charge in [-0.2, -0.15) is 15.3 Å². The molecule has 6 rings (SSSR count). The number of nitriles is 1. The standard InChI is InChI=1S/C26H27N9O/c1-14(2)36-26-21-20(11-27)34-35(15(3)17-12-30-22(31-13-17)16-5-6-16)25(21)32-24(33-26)19-8-7-18(19)23-28-9-4-10-29-23/h4,9-10,12-16,18-19H,5-8H2,1-3H3. The summed E-state index contributed by atoms with van der Waals surface area (Å²) in [5.41, 5.74) is 1.72. The Bertz CT molecular complexity index is 1440. The molecule has 3 unspecified atom stereocenters. The molecular weight excluding hydrogens is 454 g/mol. The fourth-order valence-electron chi connectivity index (χ4n) is 4.72. The highest BCUT2D eigenvalue weighted by Crippen LogP contribution is 2.47. The maximum absolute atomic E-state index is 9.91. The predicted octanol–water partition coefficient (Wildman–Crippen LogP) is 4.21. The average molecular weight is 482 g/mol. The maximum Gasteiger partial charge on any atom is 0.229 e. The highest BCUT2D eigenvalue weighted by Gasteiger charge is 2.38. The molecule has 3 atom stereocenters. The number of hydrogen-bond donors (Lipinski definition) is 0. The molecular formula is C26H27N9O. The van der Waals surface area contributed by atoms with Crippen molar-refractivity contribution in [2.75, 3.05) is 0 Å². The Labute approximate surface area is 208 Å². The Morgan fingerprint density at radius 3 is 2.22 bits per heavy atom. The number of fused-ring (bicyclic) bond motifs is 1. The number of hydrogen-bond acceptors (Lipinski definition) is 9. The summed E-state index contributed by atoms with van der Waals surface area (Å²) in [6, 6.07) is 3.80. The summed E-state index contributed by atoms with van der Waals surface area (Å²) in [4.78, 5) is 27.9. The second-order valence-corrected chi connectivity index (χ2v) is 9.88. The Hall–Kier alpha value is -4.00. The SMILES string of the molecule is CC(C)Oc1nc(C2CCC2c2ncccn2)nc2c1c(C#N)nn2C(C)c1cnc(C2CC2)nc1. The van der Waals surface area contributed by atoms with Crippen LogP contribution in [0.5, 0.6) is 5.88 Å². The first-order valence-electron chi connectivity index (χ1n) is 12.5. The Morgan fingerprint density at radius 2 is 1.61 bits per heavy atom. The number of aromatic nitrogens is 8. The lowest BCUT2D eigenvalue weighted by molar-refractivity contribution is 0.232. The summed E-state index contributed by atoms with van der Waals surface area (Å²) in [6.07, 6.45) is 11.3. The van der Waals surface area contributed by atoms with Crippen LogP contribution in [0.3, 0.4) is 0 Å². The van der Waals surface area contributed by atoms with Gasteiger partial charge in [-0.15, -0.1) is 0 Å². The monoisotopic (exact) mass is 481 g/mol. The van der Waals surface area contributed by atoms with Crippen LogP contribution in [0, 0.1) is 11.3 Å². The molecule has 10 heteroatoms. The van der Waals surface area contributed by atoms with Gasteiger partial charge in [0, 0.05) is 48.1 Å². The molecule has 0 amide bonds. The van der Waals surface area contributed by atoms with Crippen LogP contribution in [-0.2, 0) is 0 Å². The molecule has 2 aliphatic rings. The number of rotatable bonds is 7. The van der Waals surface area contributed by atoms with E-state index in [4.69, 9.17) is 14.7 Å². The fraction of sp³-hybridized carbons (Fsp3) is 0.462. The lowest BCUT2D eigenvalue weighted by Gasteiger charge is -2.34. The molecule has 0 saturated heterocycles. The van der Waals surface area contributed by atoms with Crippen LogP contribution in [0.4, 0.5) is 0 Å². The lowest BCUT2D eigenvalue weighted by Crippen LogP contribution is -2.26. The molecule has 0 aromatic carbocycles. The van der Waals surface area contributed by atoms with Crippen LogP contribution < -0.4 is 4.74 Å². The summed E-state index contributed by atoms with van der Waals surface area (Å²) >= 11 is 0. The molecule has 0 bridgehead atoms. The van der Waals surface area contributed by atoms with E-state index in [1.807, 2.05) is 39.2 Å². The van der Waals surface area contributed by atoms with E-state index in [0.29, 0.717) is 28.7 Å². The Kier molecular flexibility index (Phi) is 5.55. The molecule has 0 radical (unpaired) electrons. The third kappa shape index (κ3) is 3.94. The molecule has 4 aromatic rings. The third-order valence-electron chi connectivity index (χ3n) is 7.00. The Morgan fingerprint density at radius 1 is 0.917 bits per heavy atom. The van der Waals surface area contributed by atoms with Crippen LogP contribution in [0.1, 0.15) is 99.0 Å². The van der Waals surface area contributed by atoms with Crippen LogP contribution in [0.2, 0.25) is 0 Å². The van der Waals surface area contributed by atoms with Crippen molar-refractivity contribution in [2.45, 2.75) is 76.4 Å². The van der Waals surface area contributed by atoms with Crippen molar-refractivity contribution in [3.63, 3.8) is 0 Å². The van der Waals surface area contributed by atoms with E-state index in [9.17, 15) is 5.26 Å². The second-order valence-electron chi connectivity index (χ2n) is 9.88. The molecule has 2 aliphatic carbocycles. The average Bonchev–Trinajstić information content (AvgIpc) is 3.64. The highest BCUT2D eigenvalue weighted by atomic mass is 16.5. The van der Waals surface area contributed by atoms with Crippen molar-refractivity contribution in [3.8, 4) is 11.9 Å². The summed E-state index contributed by atoms with van der Waals surface area (Å²) in [5, 5.41) is 15.1. The summed E-state index contributed by atoms with van der Waals surface area (Å²) in [5.74, 6) is 3.45. The van der Waals surface area contributed by atoms with Crippen LogP contribution in [0.15, 0.2) is 30.9 Å². The van der Waals surface area contributed by atoms with Gasteiger partial charge in [-0.05, 0) is 52.5 Å². The van der Waals surface area contributed by atoms with E-state index in [1.165, 1.54) is 0 Å². The lowest BCUT2D eigenvalue weighted by atomic mass is 9.72. The number of ether oxygens (including phenoxy) is 1. The minimum Gasteiger partial charge on any atom is -0.474 e. The van der Waals surface area contributed by atoms with Gasteiger partial charge in [0.05, 0.1) is 12.1 Å². The van der Waals surface area contributed by atoms with E-state index >= 15 is 0 Å². The molecule has 0 N–H and O–H groups in total. The molecule has 182 valence electrons. The summed E-state index contributed by atoms with van der Waals surface area (Å²) < 4.78 is 7.88. The van der Waals surface area contributed by atoms with Gasteiger partial charge < -0.3 is 4.74 Å². The minimum absolute atomic E-state index is 0.0664. The Balaban J connectivity index is 1.45. The quantitative estimate of drug-likeness (QED) is 0.381. The largest absolute Gasteiger partial charge is 0.474 e. The van der Waals surface area contributed by atoms with E-state index in [1.54, 1.807) is 17.1 Å². The van der Waals surface area contributed by atoms with Crippen molar-refractivity contribution in [2.24, 2.45) is 0 Å². The number of nitrogens with zero attached hydrogens (tertiary/aromatic N) is 9. The van der Waals surface area contributed by atoms with Crippen LogP contribution in [0.25, 0.3) is 11.0 Å². The normalized spacial score (nSPS) is 20.2. The molecule has 2 fully saturated rings. The first-order valence-corrected chi connectivity index (χ1v) is 12.5. The summed E-state index contributed by atoms with van der Waals surface area (Å²) in [6.45, 7) is 5.89. The zero-order valence-corrected chi connectivity index (χ0v) is 20.5. The molecule has 0 spiro atoms. The van der Waals surface area contributed by atoms with E-state index < -0.39 is 0 Å². The van der Waals surface area contributed by atoms with Gasteiger partial charge in [-0.3, -0.25) is 0 Å². The zero-order valence-electron chi connectivity index (χ0n) is 20.5. The van der Waals surface area contributed by atoms with Crippen LogP contribution >= 0.6 is 0 Å². The zero-order chi connectivity index (χ0) is 24.8. The van der Waals surface area contributed by atoms with Gasteiger partial charge in [-0.25, -0.2) is 29.6 Å². The van der Waals surface area contributed by atoms with Crippen molar-refractivity contribution < 1.29 is 4.74 Å². The third-order valence-corrected chi connectivity index (χ3v) is 7.00. The van der Waals surface area contributed by atoms with E-state index in [2.05, 4.69) is 31.1 Å². The second kappa shape index (κ2) is 8.90. The fourth-order valence-corrected chi connectivity index (χ4v) is 4.72. The molecule has 4 aromatic heterocycles. The smallest absolute Gasteiger partial charge is 0.229 e. The minimum atomic E-state index is -0.229. The summed E-state index contributed by atoms with van der Waals surface area (Å²) in [7, 11) is 0.